The Labute approximate surface area is 134 Å². The fourth-order valence-electron chi connectivity index (χ4n) is 2.23. The van der Waals surface area contributed by atoms with Crippen molar-refractivity contribution in [2.45, 2.75) is 19.3 Å². The Kier molecular flexibility index (Phi) is 5.83. The first kappa shape index (κ1) is 16.4. The molecule has 1 aliphatic carbocycles. The van der Waals surface area contributed by atoms with Gasteiger partial charge in [0.15, 0.2) is 6.61 Å². The van der Waals surface area contributed by atoms with Gasteiger partial charge in [0, 0.05) is 5.02 Å². The molecule has 0 aliphatic heterocycles. The molecule has 22 heavy (non-hydrogen) atoms. The summed E-state index contributed by atoms with van der Waals surface area (Å²) in [5, 5.41) is 3.10. The first-order chi connectivity index (χ1) is 10.6. The number of methoxy groups -OCH3 is 1. The number of amides is 1. The number of allylic oxidation sites excluding steroid dienone is 2. The maximum absolute atomic E-state index is 11.9. The summed E-state index contributed by atoms with van der Waals surface area (Å²) < 4.78 is 10.2. The lowest BCUT2D eigenvalue weighted by Gasteiger charge is -2.16. The van der Waals surface area contributed by atoms with Gasteiger partial charge in [-0.2, -0.15) is 0 Å². The van der Waals surface area contributed by atoms with E-state index >= 15 is 0 Å². The Balaban J connectivity index is 1.86. The molecule has 1 N–H and O–H groups in total. The van der Waals surface area contributed by atoms with Crippen molar-refractivity contribution in [1.29, 1.82) is 0 Å². The first-order valence-corrected chi connectivity index (χ1v) is 7.43. The fourth-order valence-corrected chi connectivity index (χ4v) is 2.40. The number of hydrogen-bond donors (Lipinski definition) is 1. The summed E-state index contributed by atoms with van der Waals surface area (Å²) in [7, 11) is 1.50. The van der Waals surface area contributed by atoms with Gasteiger partial charge in [0.1, 0.15) is 5.75 Å². The van der Waals surface area contributed by atoms with E-state index in [0.717, 1.165) is 12.8 Å². The number of benzene rings is 1. The van der Waals surface area contributed by atoms with Crippen LogP contribution in [0.4, 0.5) is 5.69 Å². The maximum atomic E-state index is 11.9. The quantitative estimate of drug-likeness (QED) is 0.667. The van der Waals surface area contributed by atoms with Crippen LogP contribution < -0.4 is 10.1 Å². The van der Waals surface area contributed by atoms with E-state index in [2.05, 4.69) is 5.32 Å². The molecule has 1 aromatic carbocycles. The van der Waals surface area contributed by atoms with Crippen LogP contribution in [0.5, 0.6) is 5.75 Å². The normalized spacial score (nSPS) is 16.9. The van der Waals surface area contributed by atoms with Crippen LogP contribution in [0.1, 0.15) is 19.3 Å². The number of rotatable bonds is 5. The zero-order chi connectivity index (χ0) is 15.9. The highest BCUT2D eigenvalue weighted by Gasteiger charge is 2.21. The minimum Gasteiger partial charge on any atom is -0.495 e. The van der Waals surface area contributed by atoms with Crippen LogP contribution in [0.15, 0.2) is 30.4 Å². The summed E-state index contributed by atoms with van der Waals surface area (Å²) in [6.45, 7) is -0.325. The van der Waals surface area contributed by atoms with Gasteiger partial charge in [-0.05, 0) is 37.5 Å². The highest BCUT2D eigenvalue weighted by molar-refractivity contribution is 6.31. The van der Waals surface area contributed by atoms with Crippen LogP contribution >= 0.6 is 11.6 Å². The molecule has 0 saturated carbocycles. The van der Waals surface area contributed by atoms with Crippen molar-refractivity contribution in [2.75, 3.05) is 19.0 Å². The smallest absolute Gasteiger partial charge is 0.309 e. The summed E-state index contributed by atoms with van der Waals surface area (Å²) in [5.41, 5.74) is 0.441. The number of carbonyl (C=O) groups is 2. The van der Waals surface area contributed by atoms with Crippen LogP contribution in [-0.4, -0.2) is 25.6 Å². The van der Waals surface area contributed by atoms with Gasteiger partial charge in [0.2, 0.25) is 0 Å². The van der Waals surface area contributed by atoms with Gasteiger partial charge < -0.3 is 14.8 Å². The van der Waals surface area contributed by atoms with Crippen LogP contribution in [0.2, 0.25) is 5.02 Å². The summed E-state index contributed by atoms with van der Waals surface area (Å²) >= 11 is 5.89. The average Bonchev–Trinajstić information content (AvgIpc) is 2.53. The zero-order valence-corrected chi connectivity index (χ0v) is 13.1. The molecule has 0 spiro atoms. The lowest BCUT2D eigenvalue weighted by Crippen LogP contribution is -2.25. The van der Waals surface area contributed by atoms with Crippen LogP contribution in [0, 0.1) is 5.92 Å². The Morgan fingerprint density at radius 3 is 2.86 bits per heavy atom. The number of halogens is 1. The van der Waals surface area contributed by atoms with E-state index in [9.17, 15) is 9.59 Å². The summed E-state index contributed by atoms with van der Waals surface area (Å²) in [6.07, 6.45) is 6.31. The van der Waals surface area contributed by atoms with Crippen molar-refractivity contribution in [3.05, 3.63) is 35.4 Å². The minimum absolute atomic E-state index is 0.154. The number of esters is 1. The molecule has 0 heterocycles. The zero-order valence-electron chi connectivity index (χ0n) is 12.3. The van der Waals surface area contributed by atoms with E-state index in [-0.39, 0.29) is 18.5 Å². The van der Waals surface area contributed by atoms with E-state index in [4.69, 9.17) is 21.1 Å². The summed E-state index contributed by atoms with van der Waals surface area (Å²) in [4.78, 5) is 23.7. The van der Waals surface area contributed by atoms with Crippen LogP contribution in [0.3, 0.4) is 0 Å². The third-order valence-electron chi connectivity index (χ3n) is 3.38. The third kappa shape index (κ3) is 4.49. The predicted octanol–water partition coefficient (Wildman–Crippen LogP) is 3.19. The maximum Gasteiger partial charge on any atom is 0.309 e. The molecular weight excluding hydrogens is 306 g/mol. The van der Waals surface area contributed by atoms with E-state index in [1.165, 1.54) is 7.11 Å². The van der Waals surface area contributed by atoms with Crippen molar-refractivity contribution < 1.29 is 19.1 Å². The largest absolute Gasteiger partial charge is 0.495 e. The van der Waals surface area contributed by atoms with Gasteiger partial charge in [-0.15, -0.1) is 0 Å². The molecule has 1 aliphatic rings. The molecule has 0 unspecified atom stereocenters. The summed E-state index contributed by atoms with van der Waals surface area (Å²) in [5.74, 6) is -0.433. The molecule has 0 aromatic heterocycles. The SMILES string of the molecule is COc1ccc(Cl)cc1NC(=O)COC(=O)[C@H]1CC=CCC1. The standard InChI is InChI=1S/C16H18ClNO4/c1-21-14-8-7-12(17)9-13(14)18-15(19)10-22-16(20)11-5-3-2-4-6-11/h2-3,7-9,11H,4-6,10H2,1H3,(H,18,19)/t11-/m0/s1. The second-order valence-corrected chi connectivity index (χ2v) is 5.42. The van der Waals surface area contributed by atoms with E-state index in [1.54, 1.807) is 18.2 Å². The molecule has 0 bridgehead atoms. The molecule has 1 atom stereocenters. The number of hydrogen-bond acceptors (Lipinski definition) is 4. The number of anilines is 1. The molecular formula is C16H18ClNO4. The highest BCUT2D eigenvalue weighted by Crippen LogP contribution is 2.27. The van der Waals surface area contributed by atoms with E-state index in [1.807, 2.05) is 12.2 Å². The van der Waals surface area contributed by atoms with Crippen molar-refractivity contribution in [1.82, 2.24) is 0 Å². The molecule has 5 nitrogen and oxygen atoms in total. The second-order valence-electron chi connectivity index (χ2n) is 4.98. The lowest BCUT2D eigenvalue weighted by molar-refractivity contribution is -0.151. The Morgan fingerprint density at radius 2 is 2.18 bits per heavy atom. The molecule has 0 fully saturated rings. The number of ether oxygens (including phenoxy) is 2. The monoisotopic (exact) mass is 323 g/mol. The van der Waals surface area contributed by atoms with Gasteiger partial charge in [0.25, 0.3) is 5.91 Å². The number of nitrogens with one attached hydrogen (secondary N) is 1. The molecule has 1 amide bonds. The lowest BCUT2D eigenvalue weighted by atomic mass is 9.95. The predicted molar refractivity (Wildman–Crippen MR) is 84.1 cm³/mol. The molecule has 1 aromatic rings. The molecule has 0 saturated heterocycles. The highest BCUT2D eigenvalue weighted by atomic mass is 35.5. The van der Waals surface area contributed by atoms with Crippen molar-refractivity contribution in [2.24, 2.45) is 5.92 Å². The van der Waals surface area contributed by atoms with Gasteiger partial charge in [0.05, 0.1) is 18.7 Å². The van der Waals surface area contributed by atoms with Gasteiger partial charge in [-0.1, -0.05) is 23.8 Å². The van der Waals surface area contributed by atoms with Crippen molar-refractivity contribution in [3.8, 4) is 5.75 Å². The van der Waals surface area contributed by atoms with Gasteiger partial charge in [-0.3, -0.25) is 9.59 Å². The topological polar surface area (TPSA) is 64.6 Å². The van der Waals surface area contributed by atoms with E-state index < -0.39 is 5.91 Å². The van der Waals surface area contributed by atoms with E-state index in [0.29, 0.717) is 22.9 Å². The van der Waals surface area contributed by atoms with Crippen molar-refractivity contribution >= 4 is 29.2 Å². The molecule has 118 valence electrons. The molecule has 0 radical (unpaired) electrons. The second kappa shape index (κ2) is 7.84. The Morgan fingerprint density at radius 1 is 1.36 bits per heavy atom. The van der Waals surface area contributed by atoms with Crippen molar-refractivity contribution in [3.63, 3.8) is 0 Å². The average molecular weight is 324 g/mol. The molecule has 6 heteroatoms. The molecule has 2 rings (SSSR count). The Hall–Kier alpha value is -2.01. The third-order valence-corrected chi connectivity index (χ3v) is 3.62. The van der Waals surface area contributed by atoms with Gasteiger partial charge >= 0.3 is 5.97 Å². The van der Waals surface area contributed by atoms with Crippen LogP contribution in [-0.2, 0) is 14.3 Å². The Bertz CT molecular complexity index is 586. The minimum atomic E-state index is -0.430. The van der Waals surface area contributed by atoms with Gasteiger partial charge in [-0.25, -0.2) is 0 Å². The number of carbonyl (C=O) groups excluding carboxylic acids is 2. The summed E-state index contributed by atoms with van der Waals surface area (Å²) in [6, 6.07) is 4.89. The fraction of sp³-hybridized carbons (Fsp3) is 0.375. The van der Waals surface area contributed by atoms with Crippen LogP contribution in [0.25, 0.3) is 0 Å². The first-order valence-electron chi connectivity index (χ1n) is 7.05.